The molecule has 0 bridgehead atoms. The molecule has 0 aliphatic carbocycles. The van der Waals surface area contributed by atoms with Crippen LogP contribution in [0.3, 0.4) is 0 Å². The van der Waals surface area contributed by atoms with Gasteiger partial charge in [0.2, 0.25) is 6.87 Å². The van der Waals surface area contributed by atoms with Gasteiger partial charge in [0, 0.05) is 0 Å². The predicted octanol–water partition coefficient (Wildman–Crippen LogP) is 4.64. The molecule has 0 atom stereocenters. The third kappa shape index (κ3) is 3.21. The quantitative estimate of drug-likeness (QED) is 0.531. The summed E-state index contributed by atoms with van der Waals surface area (Å²) in [5.41, 5.74) is 0. The standard InChI is InChI=1S/C11H29FOSi4/c1-14(2,3)17(13-11-10-12,15(4,5)6)16(7,8)9/h10-11H,1-9H3/b11-10-. The molecule has 17 heavy (non-hydrogen) atoms. The summed E-state index contributed by atoms with van der Waals surface area (Å²) in [5.74, 6) is 0. The lowest BCUT2D eigenvalue weighted by atomic mass is 11.1. The van der Waals surface area contributed by atoms with Gasteiger partial charge in [0.25, 0.3) is 0 Å². The molecule has 0 aromatic carbocycles. The summed E-state index contributed by atoms with van der Waals surface area (Å²) >= 11 is 0. The summed E-state index contributed by atoms with van der Waals surface area (Å²) in [4.78, 5) is 0. The highest BCUT2D eigenvalue weighted by molar-refractivity contribution is 7.87. The van der Waals surface area contributed by atoms with Crippen LogP contribution in [0.4, 0.5) is 4.39 Å². The average molecular weight is 309 g/mol. The number of halogens is 1. The van der Waals surface area contributed by atoms with Gasteiger partial charge in [-0.25, -0.2) is 4.39 Å². The maximum Gasteiger partial charge on any atom is 0.205 e. The van der Waals surface area contributed by atoms with Crippen molar-refractivity contribution in [3.05, 3.63) is 12.6 Å². The van der Waals surface area contributed by atoms with Crippen molar-refractivity contribution in [3.63, 3.8) is 0 Å². The van der Waals surface area contributed by atoms with E-state index in [0.29, 0.717) is 6.33 Å². The maximum atomic E-state index is 12.5. The van der Waals surface area contributed by atoms with E-state index in [1.54, 1.807) is 0 Å². The largest absolute Gasteiger partial charge is 0.556 e. The normalized spacial score (nSPS) is 15.4. The molecule has 0 saturated heterocycles. The van der Waals surface area contributed by atoms with Crippen molar-refractivity contribution in [1.82, 2.24) is 0 Å². The Hall–Kier alpha value is 0.338. The predicted molar refractivity (Wildman–Crippen MR) is 87.1 cm³/mol. The molecule has 0 aliphatic heterocycles. The summed E-state index contributed by atoms with van der Waals surface area (Å²) in [6.45, 7) is 19.9. The molecule has 0 unspecified atom stereocenters. The molecular formula is C11H29FOSi4. The SMILES string of the molecule is C[Si](C)(C)[Si](O/C=C\F)([Si](C)(C)C)[Si](C)(C)C. The molecule has 0 saturated carbocycles. The van der Waals surface area contributed by atoms with Gasteiger partial charge in [-0.05, 0) is 0 Å². The van der Waals surface area contributed by atoms with Crippen LogP contribution in [0.5, 0.6) is 0 Å². The highest BCUT2D eigenvalue weighted by atomic mass is 29.9. The Morgan fingerprint density at radius 1 is 0.706 bits per heavy atom. The van der Waals surface area contributed by atoms with Crippen molar-refractivity contribution >= 4 is 29.6 Å². The minimum absolute atomic E-state index is 0.572. The van der Waals surface area contributed by atoms with Gasteiger partial charge in [-0.3, -0.25) is 0 Å². The number of rotatable bonds is 5. The molecule has 0 amide bonds. The zero-order chi connectivity index (χ0) is 14.1. The molecule has 0 N–H and O–H groups in total. The van der Waals surface area contributed by atoms with Crippen LogP contribution in [0.1, 0.15) is 0 Å². The van der Waals surface area contributed by atoms with Crippen LogP contribution >= 0.6 is 0 Å². The first-order valence-corrected chi connectivity index (χ1v) is 21.6. The van der Waals surface area contributed by atoms with Crippen LogP contribution < -0.4 is 0 Å². The third-order valence-electron chi connectivity index (χ3n) is 3.46. The van der Waals surface area contributed by atoms with Crippen molar-refractivity contribution in [2.75, 3.05) is 0 Å². The van der Waals surface area contributed by atoms with E-state index in [1.807, 2.05) is 0 Å². The average Bonchev–Trinajstić information content (AvgIpc) is 1.96. The molecule has 0 heterocycles. The van der Waals surface area contributed by atoms with E-state index in [2.05, 4.69) is 58.9 Å². The molecule has 102 valence electrons. The molecule has 0 rings (SSSR count). The van der Waals surface area contributed by atoms with Gasteiger partial charge >= 0.3 is 0 Å². The van der Waals surface area contributed by atoms with Crippen molar-refractivity contribution in [2.45, 2.75) is 58.9 Å². The zero-order valence-electron chi connectivity index (χ0n) is 12.9. The van der Waals surface area contributed by atoms with Crippen LogP contribution in [0.2, 0.25) is 58.9 Å². The summed E-state index contributed by atoms with van der Waals surface area (Å²) in [7, 11) is -4.27. The first-order valence-electron chi connectivity index (χ1n) is 6.24. The lowest BCUT2D eigenvalue weighted by Gasteiger charge is -2.55. The fraction of sp³-hybridized carbons (Fsp3) is 0.818. The van der Waals surface area contributed by atoms with Gasteiger partial charge in [-0.2, -0.15) is 0 Å². The van der Waals surface area contributed by atoms with Crippen LogP contribution in [0.15, 0.2) is 12.6 Å². The first kappa shape index (κ1) is 17.3. The van der Waals surface area contributed by atoms with Crippen molar-refractivity contribution in [3.8, 4) is 0 Å². The topological polar surface area (TPSA) is 9.23 Å². The maximum absolute atomic E-state index is 12.5. The van der Waals surface area contributed by atoms with Crippen molar-refractivity contribution in [2.24, 2.45) is 0 Å². The van der Waals surface area contributed by atoms with Gasteiger partial charge in [0.1, 0.15) is 6.33 Å². The second-order valence-corrected chi connectivity index (χ2v) is 47.2. The Labute approximate surface area is 110 Å². The van der Waals surface area contributed by atoms with E-state index in [-0.39, 0.29) is 0 Å². The van der Waals surface area contributed by atoms with Gasteiger partial charge in [-0.15, -0.1) is 0 Å². The van der Waals surface area contributed by atoms with Gasteiger partial charge in [0.15, 0.2) is 0 Å². The van der Waals surface area contributed by atoms with Gasteiger partial charge in [0.05, 0.1) is 29.0 Å². The molecule has 6 heteroatoms. The number of hydrogen-bond acceptors (Lipinski definition) is 1. The fourth-order valence-electron chi connectivity index (χ4n) is 4.03. The molecule has 0 radical (unpaired) electrons. The van der Waals surface area contributed by atoms with Gasteiger partial charge < -0.3 is 4.43 Å². The molecule has 0 fully saturated rings. The Bertz CT molecular complexity index is 247. The Balaban J connectivity index is 5.92. The molecule has 0 aromatic rings. The molecule has 0 aromatic heterocycles. The Kier molecular flexibility index (Phi) is 5.24. The van der Waals surface area contributed by atoms with Crippen molar-refractivity contribution in [1.29, 1.82) is 0 Å². The summed E-state index contributed by atoms with van der Waals surface area (Å²) in [5, 5.41) is 0. The Morgan fingerprint density at radius 3 is 1.18 bits per heavy atom. The van der Waals surface area contributed by atoms with E-state index in [0.717, 1.165) is 0 Å². The second-order valence-electron chi connectivity index (χ2n) is 7.81. The monoisotopic (exact) mass is 308 g/mol. The fourth-order valence-corrected chi connectivity index (χ4v) is 96.9. The zero-order valence-corrected chi connectivity index (χ0v) is 16.9. The minimum Gasteiger partial charge on any atom is -0.556 e. The van der Waals surface area contributed by atoms with Crippen LogP contribution in [0, 0.1) is 0 Å². The number of hydrogen-bond donors (Lipinski definition) is 0. The molecular weight excluding hydrogens is 279 g/mol. The van der Waals surface area contributed by atoms with E-state index in [9.17, 15) is 4.39 Å². The lowest BCUT2D eigenvalue weighted by molar-refractivity contribution is 0.488. The van der Waals surface area contributed by atoms with Crippen molar-refractivity contribution < 1.29 is 8.82 Å². The summed E-state index contributed by atoms with van der Waals surface area (Å²) in [6.07, 6.45) is 1.92. The summed E-state index contributed by atoms with van der Waals surface area (Å²) < 4.78 is 18.7. The summed E-state index contributed by atoms with van der Waals surface area (Å²) in [6, 6.07) is 0. The minimum atomic E-state index is -1.83. The first-order chi connectivity index (χ1) is 7.31. The van der Waals surface area contributed by atoms with E-state index in [1.165, 1.54) is 6.26 Å². The van der Waals surface area contributed by atoms with E-state index >= 15 is 0 Å². The molecule has 1 nitrogen and oxygen atoms in total. The molecule has 0 spiro atoms. The van der Waals surface area contributed by atoms with Crippen LogP contribution in [0.25, 0.3) is 0 Å². The third-order valence-corrected chi connectivity index (χ3v) is 70.9. The molecule has 0 aliphatic rings. The smallest absolute Gasteiger partial charge is 0.205 e. The van der Waals surface area contributed by atoms with E-state index in [4.69, 9.17) is 4.43 Å². The van der Waals surface area contributed by atoms with Crippen LogP contribution in [-0.2, 0) is 4.43 Å². The Morgan fingerprint density at radius 2 is 1.00 bits per heavy atom. The van der Waals surface area contributed by atoms with Gasteiger partial charge in [-0.1, -0.05) is 58.9 Å². The second kappa shape index (κ2) is 5.14. The van der Waals surface area contributed by atoms with Crippen LogP contribution in [-0.4, -0.2) is 29.6 Å². The van der Waals surface area contributed by atoms with E-state index < -0.39 is 29.6 Å². The lowest BCUT2D eigenvalue weighted by Crippen LogP contribution is -2.83. The highest BCUT2D eigenvalue weighted by Crippen LogP contribution is 2.37. The highest BCUT2D eigenvalue weighted by Gasteiger charge is 2.64.